The zero-order valence-electron chi connectivity index (χ0n) is 10.6. The van der Waals surface area contributed by atoms with Crippen LogP contribution in [-0.2, 0) is 11.2 Å². The molecule has 2 aromatic rings. The van der Waals surface area contributed by atoms with E-state index in [2.05, 4.69) is 10.3 Å². The summed E-state index contributed by atoms with van der Waals surface area (Å²) in [5.41, 5.74) is 1.40. The predicted octanol–water partition coefficient (Wildman–Crippen LogP) is 3.06. The Morgan fingerprint density at radius 2 is 2.00 bits per heavy atom. The van der Waals surface area contributed by atoms with Crippen molar-refractivity contribution >= 4 is 23.2 Å². The van der Waals surface area contributed by atoms with Crippen LogP contribution in [0, 0.1) is 17.2 Å². The third-order valence-corrected chi connectivity index (χ3v) is 3.12. The first-order chi connectivity index (χ1) is 9.70. The van der Waals surface area contributed by atoms with Crippen LogP contribution < -0.4 is 5.32 Å². The lowest BCUT2D eigenvalue weighted by atomic mass is 10.0. The van der Waals surface area contributed by atoms with Crippen molar-refractivity contribution in [1.82, 2.24) is 4.98 Å². The van der Waals surface area contributed by atoms with Gasteiger partial charge in [0.2, 0.25) is 5.91 Å². The fraction of sp³-hybridized carbons (Fsp3) is 0.133. The Bertz CT molecular complexity index is 637. The molecule has 1 atom stereocenters. The second-order valence-corrected chi connectivity index (χ2v) is 4.62. The number of nitrogens with zero attached hydrogens (tertiary/aromatic N) is 2. The molecule has 5 heteroatoms. The molecule has 0 aliphatic carbocycles. The van der Waals surface area contributed by atoms with E-state index in [0.29, 0.717) is 17.1 Å². The van der Waals surface area contributed by atoms with Crippen LogP contribution in [0.15, 0.2) is 48.8 Å². The van der Waals surface area contributed by atoms with Gasteiger partial charge in [0.05, 0.1) is 16.8 Å². The smallest absolute Gasteiger partial charge is 0.242 e. The molecular formula is C15H12ClN3O. The van der Waals surface area contributed by atoms with E-state index in [-0.39, 0.29) is 5.91 Å². The van der Waals surface area contributed by atoms with E-state index in [1.165, 1.54) is 0 Å². The van der Waals surface area contributed by atoms with Crippen molar-refractivity contribution in [3.63, 3.8) is 0 Å². The maximum atomic E-state index is 12.1. The molecule has 1 aromatic carbocycles. The van der Waals surface area contributed by atoms with Gasteiger partial charge in [-0.25, -0.2) is 0 Å². The van der Waals surface area contributed by atoms with Crippen molar-refractivity contribution in [2.45, 2.75) is 6.42 Å². The van der Waals surface area contributed by atoms with Gasteiger partial charge in [-0.1, -0.05) is 23.7 Å². The van der Waals surface area contributed by atoms with Crippen LogP contribution in [0.2, 0.25) is 5.02 Å². The third kappa shape index (κ3) is 3.56. The molecule has 100 valence electrons. The van der Waals surface area contributed by atoms with Crippen LogP contribution >= 0.6 is 11.6 Å². The number of carbonyl (C=O) groups excluding carboxylic acids is 1. The first-order valence-electron chi connectivity index (χ1n) is 6.04. The highest BCUT2D eigenvalue weighted by molar-refractivity contribution is 6.33. The number of hydrogen-bond donors (Lipinski definition) is 1. The van der Waals surface area contributed by atoms with Gasteiger partial charge in [0.15, 0.2) is 0 Å². The molecule has 0 spiro atoms. The van der Waals surface area contributed by atoms with Crippen LogP contribution in [0.25, 0.3) is 0 Å². The number of halogens is 1. The molecule has 0 bridgehead atoms. The quantitative estimate of drug-likeness (QED) is 0.939. The summed E-state index contributed by atoms with van der Waals surface area (Å²) in [4.78, 5) is 16.0. The highest BCUT2D eigenvalue weighted by Gasteiger charge is 2.19. The SMILES string of the molecule is N#C[C@@H](Cc1ccncc1)C(=O)Nc1ccccc1Cl. The summed E-state index contributed by atoms with van der Waals surface area (Å²) in [6.07, 6.45) is 3.61. The van der Waals surface area contributed by atoms with Gasteiger partial charge in [0.25, 0.3) is 0 Å². The van der Waals surface area contributed by atoms with Crippen molar-refractivity contribution in [2.24, 2.45) is 5.92 Å². The molecule has 0 saturated carbocycles. The van der Waals surface area contributed by atoms with Gasteiger partial charge in [0, 0.05) is 12.4 Å². The topological polar surface area (TPSA) is 65.8 Å². The van der Waals surface area contributed by atoms with Crippen LogP contribution in [0.5, 0.6) is 0 Å². The lowest BCUT2D eigenvalue weighted by molar-refractivity contribution is -0.118. The number of para-hydroxylation sites is 1. The number of anilines is 1. The number of benzene rings is 1. The van der Waals surface area contributed by atoms with Crippen molar-refractivity contribution < 1.29 is 4.79 Å². The summed E-state index contributed by atoms with van der Waals surface area (Å²) in [5.74, 6) is -1.13. The van der Waals surface area contributed by atoms with Gasteiger partial charge in [0.1, 0.15) is 5.92 Å². The molecule has 1 N–H and O–H groups in total. The Morgan fingerprint density at radius 1 is 1.30 bits per heavy atom. The minimum Gasteiger partial charge on any atom is -0.324 e. The second kappa shape index (κ2) is 6.69. The number of pyridine rings is 1. The third-order valence-electron chi connectivity index (χ3n) is 2.79. The Hall–Kier alpha value is -2.38. The second-order valence-electron chi connectivity index (χ2n) is 4.21. The largest absolute Gasteiger partial charge is 0.324 e. The van der Waals surface area contributed by atoms with E-state index in [9.17, 15) is 4.79 Å². The summed E-state index contributed by atoms with van der Waals surface area (Å²) in [6.45, 7) is 0. The summed E-state index contributed by atoms with van der Waals surface area (Å²) >= 11 is 5.97. The van der Waals surface area contributed by atoms with Gasteiger partial charge in [-0.2, -0.15) is 5.26 Å². The van der Waals surface area contributed by atoms with Crippen molar-refractivity contribution in [1.29, 1.82) is 5.26 Å². The molecule has 1 amide bonds. The first kappa shape index (κ1) is 14.0. The molecule has 2 rings (SSSR count). The van der Waals surface area contributed by atoms with Crippen molar-refractivity contribution in [2.75, 3.05) is 5.32 Å². The van der Waals surface area contributed by atoms with Gasteiger partial charge in [-0.15, -0.1) is 0 Å². The van der Waals surface area contributed by atoms with E-state index >= 15 is 0 Å². The molecule has 4 nitrogen and oxygen atoms in total. The molecule has 20 heavy (non-hydrogen) atoms. The number of carbonyl (C=O) groups is 1. The Balaban J connectivity index is 2.07. The summed E-state index contributed by atoms with van der Waals surface area (Å²) in [7, 11) is 0. The highest BCUT2D eigenvalue weighted by Crippen LogP contribution is 2.21. The molecule has 0 saturated heterocycles. The molecule has 0 unspecified atom stereocenters. The molecule has 0 aliphatic rings. The van der Waals surface area contributed by atoms with E-state index in [4.69, 9.17) is 16.9 Å². The number of amides is 1. The first-order valence-corrected chi connectivity index (χ1v) is 6.42. The average molecular weight is 286 g/mol. The predicted molar refractivity (Wildman–Crippen MR) is 77.1 cm³/mol. The Morgan fingerprint density at radius 3 is 2.65 bits per heavy atom. The zero-order valence-corrected chi connectivity index (χ0v) is 11.3. The number of rotatable bonds is 4. The highest BCUT2D eigenvalue weighted by atomic mass is 35.5. The average Bonchev–Trinajstić information content (AvgIpc) is 2.48. The molecular weight excluding hydrogens is 274 g/mol. The van der Waals surface area contributed by atoms with E-state index in [0.717, 1.165) is 5.56 Å². The van der Waals surface area contributed by atoms with Crippen molar-refractivity contribution in [3.05, 3.63) is 59.4 Å². The molecule has 0 radical (unpaired) electrons. The number of hydrogen-bond acceptors (Lipinski definition) is 3. The van der Waals surface area contributed by atoms with Gasteiger partial charge < -0.3 is 5.32 Å². The Labute approximate surface area is 122 Å². The standard InChI is InChI=1S/C15H12ClN3O/c16-13-3-1-2-4-14(13)19-15(20)12(10-17)9-11-5-7-18-8-6-11/h1-8,12H,9H2,(H,19,20)/t12-/m1/s1. The number of nitrogens with one attached hydrogen (secondary N) is 1. The summed E-state index contributed by atoms with van der Waals surface area (Å²) in [5, 5.41) is 12.3. The van der Waals surface area contributed by atoms with E-state index in [1.54, 1.807) is 48.8 Å². The number of nitriles is 1. The minimum absolute atomic E-state index is 0.343. The van der Waals surface area contributed by atoms with E-state index in [1.807, 2.05) is 6.07 Å². The maximum absolute atomic E-state index is 12.1. The van der Waals surface area contributed by atoms with Crippen molar-refractivity contribution in [3.8, 4) is 6.07 Å². The maximum Gasteiger partial charge on any atom is 0.242 e. The molecule has 0 aliphatic heterocycles. The lowest BCUT2D eigenvalue weighted by Gasteiger charge is -2.11. The van der Waals surface area contributed by atoms with E-state index < -0.39 is 5.92 Å². The summed E-state index contributed by atoms with van der Waals surface area (Å²) in [6, 6.07) is 12.5. The van der Waals surface area contributed by atoms with Crippen LogP contribution in [0.4, 0.5) is 5.69 Å². The number of aromatic nitrogens is 1. The van der Waals surface area contributed by atoms with Gasteiger partial charge >= 0.3 is 0 Å². The zero-order chi connectivity index (χ0) is 14.4. The monoisotopic (exact) mass is 285 g/mol. The molecule has 1 aromatic heterocycles. The van der Waals surface area contributed by atoms with Gasteiger partial charge in [-0.3, -0.25) is 9.78 Å². The Kier molecular flexibility index (Phi) is 4.70. The molecule has 0 fully saturated rings. The fourth-order valence-corrected chi connectivity index (χ4v) is 1.92. The fourth-order valence-electron chi connectivity index (χ4n) is 1.73. The van der Waals surface area contributed by atoms with Crippen LogP contribution in [-0.4, -0.2) is 10.9 Å². The van der Waals surface area contributed by atoms with Gasteiger partial charge in [-0.05, 0) is 36.2 Å². The molecule has 1 heterocycles. The lowest BCUT2D eigenvalue weighted by Crippen LogP contribution is -2.23. The van der Waals surface area contributed by atoms with Crippen LogP contribution in [0.3, 0.4) is 0 Å². The summed E-state index contributed by atoms with van der Waals surface area (Å²) < 4.78 is 0. The van der Waals surface area contributed by atoms with Crippen LogP contribution in [0.1, 0.15) is 5.56 Å². The minimum atomic E-state index is -0.770. The normalized spacial score (nSPS) is 11.4.